The Morgan fingerprint density at radius 1 is 1.38 bits per heavy atom. The Morgan fingerprint density at radius 3 is 2.31 bits per heavy atom. The van der Waals surface area contributed by atoms with E-state index < -0.39 is 18.2 Å². The zero-order chi connectivity index (χ0) is 10.4. The topological polar surface area (TPSA) is 81.0 Å². The molecule has 0 aromatic rings. The number of nitrogens with zero attached hydrogens (tertiary/aromatic N) is 1. The minimum Gasteiger partial charge on any atom is -0.481 e. The predicted molar refractivity (Wildman–Crippen MR) is 47.4 cm³/mol. The Morgan fingerprint density at radius 2 is 1.92 bits per heavy atom. The van der Waals surface area contributed by atoms with Gasteiger partial charge in [-0.1, -0.05) is 0 Å². The third kappa shape index (κ3) is 7.70. The smallest absolute Gasteiger partial charge is 0.306 e. The molecule has 13 heavy (non-hydrogen) atoms. The average molecular weight is 191 g/mol. The van der Waals surface area contributed by atoms with Crippen LogP contribution in [0.1, 0.15) is 13.3 Å². The monoisotopic (exact) mass is 191 g/mol. The Balaban J connectivity index is 3.64. The van der Waals surface area contributed by atoms with Gasteiger partial charge in [-0.2, -0.15) is 0 Å². The molecule has 0 aliphatic heterocycles. The molecule has 0 aliphatic rings. The van der Waals surface area contributed by atoms with E-state index in [1.807, 2.05) is 0 Å². The number of aliphatic carboxylic acids is 1. The molecular formula is C8H17NO4. The molecule has 5 nitrogen and oxygen atoms in total. The normalized spacial score (nSPS) is 15.8. The van der Waals surface area contributed by atoms with Gasteiger partial charge in [-0.25, -0.2) is 0 Å². The summed E-state index contributed by atoms with van der Waals surface area (Å²) in [4.78, 5) is 11.9. The lowest BCUT2D eigenvalue weighted by molar-refractivity contribution is -0.139. The lowest BCUT2D eigenvalue weighted by atomic mass is 10.2. The number of hydrogen-bond donors (Lipinski definition) is 3. The molecular weight excluding hydrogens is 174 g/mol. The molecule has 0 radical (unpaired) electrons. The van der Waals surface area contributed by atoms with Crippen LogP contribution in [0.5, 0.6) is 0 Å². The van der Waals surface area contributed by atoms with Gasteiger partial charge >= 0.3 is 5.97 Å². The molecule has 0 aliphatic carbocycles. The van der Waals surface area contributed by atoms with Gasteiger partial charge in [0.25, 0.3) is 0 Å². The van der Waals surface area contributed by atoms with E-state index in [0.29, 0.717) is 6.54 Å². The SMILES string of the molecule is CC(O)CN(C)CC(O)CC(=O)O. The molecule has 0 rings (SSSR count). The molecule has 5 heteroatoms. The minimum absolute atomic E-state index is 0.260. The van der Waals surface area contributed by atoms with Crippen LogP contribution < -0.4 is 0 Å². The molecule has 2 unspecified atom stereocenters. The molecule has 0 saturated carbocycles. The fraction of sp³-hybridized carbons (Fsp3) is 0.875. The van der Waals surface area contributed by atoms with Gasteiger partial charge in [-0.3, -0.25) is 4.79 Å². The van der Waals surface area contributed by atoms with Crippen LogP contribution in [0.3, 0.4) is 0 Å². The van der Waals surface area contributed by atoms with E-state index >= 15 is 0 Å². The Bertz CT molecular complexity index is 160. The number of hydrogen-bond acceptors (Lipinski definition) is 4. The second kappa shape index (κ2) is 5.90. The summed E-state index contributed by atoms with van der Waals surface area (Å²) < 4.78 is 0. The van der Waals surface area contributed by atoms with Gasteiger partial charge in [0.1, 0.15) is 0 Å². The van der Waals surface area contributed by atoms with E-state index in [-0.39, 0.29) is 13.0 Å². The number of carbonyl (C=O) groups is 1. The Hall–Kier alpha value is -0.650. The summed E-state index contributed by atoms with van der Waals surface area (Å²) in [6.07, 6.45) is -1.60. The first-order chi connectivity index (χ1) is 5.91. The maximum absolute atomic E-state index is 10.2. The van der Waals surface area contributed by atoms with Gasteiger partial charge in [-0.15, -0.1) is 0 Å². The van der Waals surface area contributed by atoms with Crippen molar-refractivity contribution in [1.29, 1.82) is 0 Å². The first kappa shape index (κ1) is 12.3. The summed E-state index contributed by atoms with van der Waals surface area (Å²) in [6, 6.07) is 0. The van der Waals surface area contributed by atoms with Crippen molar-refractivity contribution in [2.24, 2.45) is 0 Å². The van der Waals surface area contributed by atoms with Gasteiger partial charge in [0.15, 0.2) is 0 Å². The van der Waals surface area contributed by atoms with Gasteiger partial charge in [-0.05, 0) is 14.0 Å². The summed E-state index contributed by atoms with van der Waals surface area (Å²) in [6.45, 7) is 2.33. The number of aliphatic hydroxyl groups excluding tert-OH is 2. The number of carboxylic acids is 1. The lowest BCUT2D eigenvalue weighted by Gasteiger charge is -2.20. The largest absolute Gasteiger partial charge is 0.481 e. The third-order valence-electron chi connectivity index (χ3n) is 1.51. The molecule has 0 fully saturated rings. The first-order valence-electron chi connectivity index (χ1n) is 4.18. The second-order valence-electron chi connectivity index (χ2n) is 3.32. The second-order valence-corrected chi connectivity index (χ2v) is 3.32. The third-order valence-corrected chi connectivity index (χ3v) is 1.51. The molecule has 2 atom stereocenters. The molecule has 0 amide bonds. The minimum atomic E-state index is -1.02. The van der Waals surface area contributed by atoms with Crippen LogP contribution in [0.25, 0.3) is 0 Å². The Labute approximate surface area is 77.6 Å². The predicted octanol–water partition coefficient (Wildman–Crippen LogP) is -0.865. The fourth-order valence-corrected chi connectivity index (χ4v) is 1.15. The number of carboxylic acid groups (broad SMARTS) is 1. The molecule has 0 aromatic carbocycles. The van der Waals surface area contributed by atoms with Gasteiger partial charge in [0.05, 0.1) is 18.6 Å². The van der Waals surface area contributed by atoms with Crippen molar-refractivity contribution < 1.29 is 20.1 Å². The number of aliphatic hydroxyl groups is 2. The highest BCUT2D eigenvalue weighted by atomic mass is 16.4. The van der Waals surface area contributed by atoms with Crippen LogP contribution in [0, 0.1) is 0 Å². The van der Waals surface area contributed by atoms with E-state index in [2.05, 4.69) is 0 Å². The summed E-state index contributed by atoms with van der Waals surface area (Å²) in [5.41, 5.74) is 0. The molecule has 78 valence electrons. The Kier molecular flexibility index (Phi) is 5.61. The van der Waals surface area contributed by atoms with Crippen molar-refractivity contribution in [3.63, 3.8) is 0 Å². The number of likely N-dealkylation sites (N-methyl/N-ethyl adjacent to an activating group) is 1. The standard InChI is InChI=1S/C8H17NO4/c1-6(10)4-9(2)5-7(11)3-8(12)13/h6-7,10-11H,3-5H2,1-2H3,(H,12,13). The van der Waals surface area contributed by atoms with Crippen LogP contribution in [0.15, 0.2) is 0 Å². The van der Waals surface area contributed by atoms with E-state index in [4.69, 9.17) is 10.2 Å². The molecule has 0 heterocycles. The maximum atomic E-state index is 10.2. The zero-order valence-corrected chi connectivity index (χ0v) is 7.97. The summed E-state index contributed by atoms with van der Waals surface area (Å²) in [5, 5.41) is 26.5. The van der Waals surface area contributed by atoms with Crippen LogP contribution in [0.2, 0.25) is 0 Å². The highest BCUT2D eigenvalue weighted by molar-refractivity contribution is 5.67. The summed E-state index contributed by atoms with van der Waals surface area (Å²) in [7, 11) is 1.72. The molecule has 0 saturated heterocycles. The van der Waals surface area contributed by atoms with Crippen LogP contribution in [-0.2, 0) is 4.79 Å². The lowest BCUT2D eigenvalue weighted by Crippen LogP contribution is -2.35. The van der Waals surface area contributed by atoms with E-state index in [1.165, 1.54) is 0 Å². The zero-order valence-electron chi connectivity index (χ0n) is 7.97. The van der Waals surface area contributed by atoms with Gasteiger partial charge in [0, 0.05) is 13.1 Å². The summed E-state index contributed by atoms with van der Waals surface area (Å²) >= 11 is 0. The average Bonchev–Trinajstić information content (AvgIpc) is 1.80. The summed E-state index contributed by atoms with van der Waals surface area (Å²) in [5.74, 6) is -1.02. The van der Waals surface area contributed by atoms with Crippen LogP contribution in [0.4, 0.5) is 0 Å². The van der Waals surface area contributed by atoms with Crippen molar-refractivity contribution in [2.45, 2.75) is 25.6 Å². The van der Waals surface area contributed by atoms with Crippen molar-refractivity contribution >= 4 is 5.97 Å². The van der Waals surface area contributed by atoms with E-state index in [9.17, 15) is 9.90 Å². The van der Waals surface area contributed by atoms with E-state index in [1.54, 1.807) is 18.9 Å². The van der Waals surface area contributed by atoms with Gasteiger partial charge in [0.2, 0.25) is 0 Å². The van der Waals surface area contributed by atoms with Crippen molar-refractivity contribution in [3.8, 4) is 0 Å². The van der Waals surface area contributed by atoms with Crippen molar-refractivity contribution in [1.82, 2.24) is 4.90 Å². The maximum Gasteiger partial charge on any atom is 0.306 e. The highest BCUT2D eigenvalue weighted by Crippen LogP contribution is 1.96. The quantitative estimate of drug-likeness (QED) is 0.508. The number of rotatable bonds is 6. The van der Waals surface area contributed by atoms with Crippen LogP contribution >= 0.6 is 0 Å². The van der Waals surface area contributed by atoms with E-state index in [0.717, 1.165) is 0 Å². The highest BCUT2D eigenvalue weighted by Gasteiger charge is 2.12. The van der Waals surface area contributed by atoms with Crippen molar-refractivity contribution in [3.05, 3.63) is 0 Å². The van der Waals surface area contributed by atoms with Crippen molar-refractivity contribution in [2.75, 3.05) is 20.1 Å². The van der Waals surface area contributed by atoms with Gasteiger partial charge < -0.3 is 20.2 Å². The molecule has 0 bridgehead atoms. The fourth-order valence-electron chi connectivity index (χ4n) is 1.15. The molecule has 3 N–H and O–H groups in total. The molecule has 0 aromatic heterocycles. The molecule has 0 spiro atoms. The first-order valence-corrected chi connectivity index (χ1v) is 4.18. The van der Waals surface area contributed by atoms with Crippen LogP contribution in [-0.4, -0.2) is 58.5 Å².